The van der Waals surface area contributed by atoms with Gasteiger partial charge in [-0.2, -0.15) is 0 Å². The Morgan fingerprint density at radius 2 is 2.00 bits per heavy atom. The van der Waals surface area contributed by atoms with Gasteiger partial charge in [-0.15, -0.1) is 13.2 Å². The van der Waals surface area contributed by atoms with Crippen LogP contribution in [0.5, 0.6) is 5.75 Å². The van der Waals surface area contributed by atoms with Crippen molar-refractivity contribution in [3.8, 4) is 5.75 Å². The van der Waals surface area contributed by atoms with Gasteiger partial charge in [0.15, 0.2) is 5.13 Å². The summed E-state index contributed by atoms with van der Waals surface area (Å²) in [4.78, 5) is 30.5. The molecule has 3 aromatic rings. The number of hydrogen-bond acceptors (Lipinski definition) is 5. The second-order valence-electron chi connectivity index (χ2n) is 6.84. The molecule has 0 aliphatic carbocycles. The van der Waals surface area contributed by atoms with Crippen LogP contribution in [0.3, 0.4) is 0 Å². The highest BCUT2D eigenvalue weighted by atomic mass is 32.1. The quantitative estimate of drug-likeness (QED) is 0.604. The van der Waals surface area contributed by atoms with Crippen molar-refractivity contribution < 1.29 is 27.5 Å². The van der Waals surface area contributed by atoms with Crippen molar-refractivity contribution in [2.24, 2.45) is 0 Å². The van der Waals surface area contributed by atoms with E-state index >= 15 is 0 Å². The second-order valence-corrected chi connectivity index (χ2v) is 7.87. The Labute approximate surface area is 178 Å². The highest BCUT2D eigenvalue weighted by molar-refractivity contribution is 7.22. The van der Waals surface area contributed by atoms with Gasteiger partial charge in [-0.1, -0.05) is 35.6 Å². The molecule has 0 bridgehead atoms. The zero-order valence-corrected chi connectivity index (χ0v) is 17.0. The predicted octanol–water partition coefficient (Wildman–Crippen LogP) is 5.10. The van der Waals surface area contributed by atoms with E-state index in [-0.39, 0.29) is 29.1 Å². The van der Waals surface area contributed by atoms with Crippen LogP contribution in [0.15, 0.2) is 48.7 Å². The van der Waals surface area contributed by atoms with E-state index in [4.69, 9.17) is 0 Å². The number of amides is 2. The molecular weight excluding hydrogens is 431 g/mol. The van der Waals surface area contributed by atoms with Crippen LogP contribution in [0.25, 0.3) is 16.3 Å². The number of thiazole rings is 1. The Morgan fingerprint density at radius 3 is 2.74 bits per heavy atom. The Hall–Kier alpha value is -3.40. The minimum absolute atomic E-state index is 0.000701. The number of carbonyl (C=O) groups is 2. The molecule has 6 nitrogen and oxygen atoms in total. The number of ether oxygens (including phenoxy) is 1. The molecule has 1 aliphatic heterocycles. The van der Waals surface area contributed by atoms with E-state index in [2.05, 4.69) is 15.0 Å². The van der Waals surface area contributed by atoms with Crippen LogP contribution in [-0.4, -0.2) is 28.1 Å². The summed E-state index contributed by atoms with van der Waals surface area (Å²) in [5.74, 6) is -0.919. The number of benzene rings is 2. The highest BCUT2D eigenvalue weighted by Gasteiger charge is 2.31. The summed E-state index contributed by atoms with van der Waals surface area (Å²) in [6.45, 7) is 1.43. The second kappa shape index (κ2) is 8.03. The summed E-state index contributed by atoms with van der Waals surface area (Å²) in [6.07, 6.45) is -1.32. The zero-order chi connectivity index (χ0) is 22.2. The highest BCUT2D eigenvalue weighted by Crippen LogP contribution is 2.34. The first kappa shape index (κ1) is 20.9. The number of rotatable bonds is 4. The van der Waals surface area contributed by atoms with E-state index < -0.39 is 12.4 Å². The van der Waals surface area contributed by atoms with Gasteiger partial charge in [0.25, 0.3) is 0 Å². The predicted molar refractivity (Wildman–Crippen MR) is 110 cm³/mol. The first-order chi connectivity index (χ1) is 14.7. The number of fused-ring (bicyclic) bond motifs is 2. The topological polar surface area (TPSA) is 71.5 Å². The number of halogens is 3. The van der Waals surface area contributed by atoms with Gasteiger partial charge in [0.1, 0.15) is 5.75 Å². The van der Waals surface area contributed by atoms with Crippen LogP contribution >= 0.6 is 11.3 Å². The number of hydrogen-bond donors (Lipinski definition) is 1. The molecule has 1 aromatic heterocycles. The third-order valence-electron chi connectivity index (χ3n) is 4.69. The number of anilines is 1. The van der Waals surface area contributed by atoms with Crippen molar-refractivity contribution in [1.82, 2.24) is 9.88 Å². The molecular formula is C21H16F3N3O3S. The van der Waals surface area contributed by atoms with Crippen LogP contribution in [0.2, 0.25) is 0 Å². The minimum atomic E-state index is -4.79. The van der Waals surface area contributed by atoms with Crippen LogP contribution < -0.4 is 10.1 Å². The lowest BCUT2D eigenvalue weighted by Crippen LogP contribution is -2.33. The summed E-state index contributed by atoms with van der Waals surface area (Å²) in [7, 11) is 0. The molecule has 2 heterocycles. The summed E-state index contributed by atoms with van der Waals surface area (Å²) in [6, 6.07) is 10.8. The third-order valence-corrected chi connectivity index (χ3v) is 5.62. The Balaban J connectivity index is 1.52. The fourth-order valence-corrected chi connectivity index (χ4v) is 4.33. The van der Waals surface area contributed by atoms with Crippen molar-refractivity contribution in [3.05, 3.63) is 59.8 Å². The van der Waals surface area contributed by atoms with Gasteiger partial charge < -0.3 is 15.0 Å². The lowest BCUT2D eigenvalue weighted by molar-refractivity contribution is -0.274. The molecule has 2 aromatic carbocycles. The molecule has 1 unspecified atom stereocenters. The first-order valence-corrected chi connectivity index (χ1v) is 10.0. The van der Waals surface area contributed by atoms with Gasteiger partial charge >= 0.3 is 6.36 Å². The lowest BCUT2D eigenvalue weighted by atomic mass is 9.93. The molecule has 31 heavy (non-hydrogen) atoms. The number of nitrogens with one attached hydrogen (secondary N) is 1. The zero-order valence-electron chi connectivity index (χ0n) is 16.1. The molecule has 0 fully saturated rings. The van der Waals surface area contributed by atoms with Crippen LogP contribution in [0.1, 0.15) is 30.5 Å². The van der Waals surface area contributed by atoms with E-state index in [1.165, 1.54) is 24.0 Å². The molecule has 1 aliphatic rings. The van der Waals surface area contributed by atoms with Crippen molar-refractivity contribution in [3.63, 3.8) is 0 Å². The Morgan fingerprint density at radius 1 is 1.23 bits per heavy atom. The SMILES string of the molecule is CC(=O)N1C=Cc2ccccc2C1CC(=O)Nc1nc2ccc(OC(F)(F)F)cc2s1. The maximum atomic E-state index is 12.7. The van der Waals surface area contributed by atoms with Crippen LogP contribution in [-0.2, 0) is 9.59 Å². The monoisotopic (exact) mass is 447 g/mol. The molecule has 4 rings (SSSR count). The van der Waals surface area contributed by atoms with E-state index in [1.54, 1.807) is 6.20 Å². The maximum Gasteiger partial charge on any atom is 0.573 e. The largest absolute Gasteiger partial charge is 0.573 e. The van der Waals surface area contributed by atoms with Crippen LogP contribution in [0.4, 0.5) is 18.3 Å². The number of carbonyl (C=O) groups excluding carboxylic acids is 2. The number of alkyl halides is 3. The summed E-state index contributed by atoms with van der Waals surface area (Å²) < 4.78 is 41.6. The summed E-state index contributed by atoms with van der Waals surface area (Å²) in [5.41, 5.74) is 2.22. The number of nitrogens with zero attached hydrogens (tertiary/aromatic N) is 2. The molecule has 1 N–H and O–H groups in total. The van der Waals surface area contributed by atoms with Gasteiger partial charge in [-0.3, -0.25) is 9.59 Å². The van der Waals surface area contributed by atoms with Crippen LogP contribution in [0, 0.1) is 0 Å². The maximum absolute atomic E-state index is 12.7. The van der Waals surface area contributed by atoms with Crippen molar-refractivity contribution in [1.29, 1.82) is 0 Å². The normalized spacial score (nSPS) is 15.6. The van der Waals surface area contributed by atoms with Gasteiger partial charge in [0.05, 0.1) is 22.7 Å². The first-order valence-electron chi connectivity index (χ1n) is 9.22. The standard InChI is InChI=1S/C21H16F3N3O3S/c1-12(28)27-9-8-13-4-2-3-5-15(13)17(27)11-19(29)26-20-25-16-7-6-14(10-18(16)31-20)30-21(22,23)24/h2-10,17H,11H2,1H3,(H,25,26,29). The molecule has 0 saturated carbocycles. The fourth-order valence-electron chi connectivity index (χ4n) is 3.41. The fraction of sp³-hybridized carbons (Fsp3) is 0.190. The van der Waals surface area contributed by atoms with Gasteiger partial charge in [-0.05, 0) is 29.3 Å². The smallest absolute Gasteiger partial charge is 0.406 e. The lowest BCUT2D eigenvalue weighted by Gasteiger charge is -2.32. The molecule has 0 radical (unpaired) electrons. The van der Waals surface area contributed by atoms with E-state index in [0.717, 1.165) is 28.5 Å². The van der Waals surface area contributed by atoms with E-state index in [1.807, 2.05) is 30.3 Å². The third kappa shape index (κ3) is 4.69. The molecule has 10 heteroatoms. The summed E-state index contributed by atoms with van der Waals surface area (Å²) in [5, 5.41) is 2.93. The average molecular weight is 447 g/mol. The Kier molecular flexibility index (Phi) is 5.40. The molecule has 0 spiro atoms. The van der Waals surface area contributed by atoms with E-state index in [9.17, 15) is 22.8 Å². The van der Waals surface area contributed by atoms with Crippen molar-refractivity contribution in [2.45, 2.75) is 25.7 Å². The Bertz CT molecular complexity index is 1190. The van der Waals surface area contributed by atoms with Gasteiger partial charge in [0.2, 0.25) is 11.8 Å². The van der Waals surface area contributed by atoms with Gasteiger partial charge in [0, 0.05) is 19.2 Å². The molecule has 2 amide bonds. The van der Waals surface area contributed by atoms with E-state index in [0.29, 0.717) is 10.2 Å². The molecule has 1 atom stereocenters. The molecule has 0 saturated heterocycles. The number of aromatic nitrogens is 1. The van der Waals surface area contributed by atoms with Gasteiger partial charge in [-0.25, -0.2) is 4.98 Å². The average Bonchev–Trinajstić information content (AvgIpc) is 3.08. The minimum Gasteiger partial charge on any atom is -0.406 e. The molecule has 160 valence electrons. The van der Waals surface area contributed by atoms with Crippen molar-refractivity contribution in [2.75, 3.05) is 5.32 Å². The summed E-state index contributed by atoms with van der Waals surface area (Å²) >= 11 is 1.04. The van der Waals surface area contributed by atoms with Crippen molar-refractivity contribution >= 4 is 44.6 Å².